The van der Waals surface area contributed by atoms with Crippen molar-refractivity contribution >= 4 is 23.6 Å². The summed E-state index contributed by atoms with van der Waals surface area (Å²) in [7, 11) is 0. The minimum absolute atomic E-state index is 0.391. The molecule has 104 valence electrons. The number of hydrogen-bond donors (Lipinski definition) is 2. The van der Waals surface area contributed by atoms with E-state index in [2.05, 4.69) is 17.6 Å². The van der Waals surface area contributed by atoms with Crippen LogP contribution >= 0.6 is 11.8 Å². The van der Waals surface area contributed by atoms with Crippen molar-refractivity contribution in [3.05, 3.63) is 0 Å². The predicted molar refractivity (Wildman–Crippen MR) is 74.6 cm³/mol. The van der Waals surface area contributed by atoms with Crippen molar-refractivity contribution in [2.24, 2.45) is 5.92 Å². The first-order valence-electron chi connectivity index (χ1n) is 6.42. The lowest BCUT2D eigenvalue weighted by Gasteiger charge is -2.19. The minimum atomic E-state index is -0.468. The summed E-state index contributed by atoms with van der Waals surface area (Å²) in [5.74, 6) is 0.518. The lowest BCUT2D eigenvalue weighted by Crippen LogP contribution is -2.45. The van der Waals surface area contributed by atoms with Crippen LogP contribution in [0.3, 0.4) is 0 Å². The molecule has 1 atom stereocenters. The number of thioether (sulfide) groups is 1. The summed E-state index contributed by atoms with van der Waals surface area (Å²) in [6, 6.07) is 0. The van der Waals surface area contributed by atoms with Gasteiger partial charge in [-0.2, -0.15) is 11.8 Å². The molecular formula is C12H23N3O2S. The fourth-order valence-corrected chi connectivity index (χ4v) is 2.57. The molecular weight excluding hydrogens is 250 g/mol. The molecule has 0 aromatic carbocycles. The van der Waals surface area contributed by atoms with Gasteiger partial charge in [-0.1, -0.05) is 6.92 Å². The molecule has 0 spiro atoms. The summed E-state index contributed by atoms with van der Waals surface area (Å²) < 4.78 is 0. The summed E-state index contributed by atoms with van der Waals surface area (Å²) in [6.07, 6.45) is 2.94. The Morgan fingerprint density at radius 2 is 2.17 bits per heavy atom. The molecule has 0 aromatic rings. The van der Waals surface area contributed by atoms with Gasteiger partial charge in [0.2, 0.25) is 0 Å². The molecule has 0 bridgehead atoms. The van der Waals surface area contributed by atoms with Gasteiger partial charge in [0.05, 0.1) is 0 Å². The Labute approximate surface area is 113 Å². The molecule has 1 heterocycles. The molecule has 18 heavy (non-hydrogen) atoms. The molecule has 2 amide bonds. The van der Waals surface area contributed by atoms with Gasteiger partial charge >= 0.3 is 11.8 Å². The van der Waals surface area contributed by atoms with Crippen LogP contribution in [-0.4, -0.2) is 61.4 Å². The SMILES string of the molecule is CSCC(C)CNC(=O)C(=O)N1CCCNCC1. The normalized spacial score (nSPS) is 18.0. The van der Waals surface area contributed by atoms with Crippen molar-refractivity contribution in [1.82, 2.24) is 15.5 Å². The van der Waals surface area contributed by atoms with Crippen molar-refractivity contribution in [2.45, 2.75) is 13.3 Å². The van der Waals surface area contributed by atoms with Crippen LogP contribution in [0.25, 0.3) is 0 Å². The van der Waals surface area contributed by atoms with E-state index in [0.717, 1.165) is 25.3 Å². The predicted octanol–water partition coefficient (Wildman–Crippen LogP) is -0.0764. The second-order valence-corrected chi connectivity index (χ2v) is 5.58. The minimum Gasteiger partial charge on any atom is -0.348 e. The highest BCUT2D eigenvalue weighted by molar-refractivity contribution is 7.98. The number of rotatable bonds is 4. The molecule has 1 saturated heterocycles. The van der Waals surface area contributed by atoms with E-state index in [9.17, 15) is 9.59 Å². The zero-order valence-corrected chi connectivity index (χ0v) is 12.0. The smallest absolute Gasteiger partial charge is 0.311 e. The monoisotopic (exact) mass is 273 g/mol. The third-order valence-corrected chi connectivity index (χ3v) is 3.79. The highest BCUT2D eigenvalue weighted by Crippen LogP contribution is 2.03. The molecule has 1 unspecified atom stereocenters. The Hall–Kier alpha value is -0.750. The highest BCUT2D eigenvalue weighted by atomic mass is 32.2. The summed E-state index contributed by atoms with van der Waals surface area (Å²) >= 11 is 1.75. The van der Waals surface area contributed by atoms with Crippen LogP contribution in [0.2, 0.25) is 0 Å². The Bertz CT molecular complexity index is 278. The van der Waals surface area contributed by atoms with E-state index < -0.39 is 11.8 Å². The van der Waals surface area contributed by atoms with Gasteiger partial charge in [0.15, 0.2) is 0 Å². The Balaban J connectivity index is 2.33. The van der Waals surface area contributed by atoms with Gasteiger partial charge in [-0.05, 0) is 30.9 Å². The molecule has 5 nitrogen and oxygen atoms in total. The first-order valence-corrected chi connectivity index (χ1v) is 7.81. The fraction of sp³-hybridized carbons (Fsp3) is 0.833. The molecule has 0 radical (unpaired) electrons. The van der Waals surface area contributed by atoms with Gasteiger partial charge in [-0.25, -0.2) is 0 Å². The van der Waals surface area contributed by atoms with Crippen LogP contribution in [0.5, 0.6) is 0 Å². The second-order valence-electron chi connectivity index (χ2n) is 4.67. The van der Waals surface area contributed by atoms with E-state index in [1.165, 1.54) is 0 Å². The largest absolute Gasteiger partial charge is 0.348 e. The molecule has 2 N–H and O–H groups in total. The molecule has 0 aliphatic carbocycles. The summed E-state index contributed by atoms with van der Waals surface area (Å²) in [5, 5.41) is 5.93. The van der Waals surface area contributed by atoms with Crippen LogP contribution in [-0.2, 0) is 9.59 Å². The van der Waals surface area contributed by atoms with E-state index in [4.69, 9.17) is 0 Å². The number of nitrogens with one attached hydrogen (secondary N) is 2. The first kappa shape index (κ1) is 15.3. The number of carbonyl (C=O) groups is 2. The van der Waals surface area contributed by atoms with E-state index in [1.807, 2.05) is 6.26 Å². The average Bonchev–Trinajstić information content (AvgIpc) is 2.64. The molecule has 1 aliphatic heterocycles. The Kier molecular flexibility index (Phi) is 7.12. The zero-order valence-electron chi connectivity index (χ0n) is 11.2. The van der Waals surface area contributed by atoms with Crippen molar-refractivity contribution in [2.75, 3.05) is 44.7 Å². The molecule has 1 aliphatic rings. The van der Waals surface area contributed by atoms with E-state index in [-0.39, 0.29) is 0 Å². The van der Waals surface area contributed by atoms with Gasteiger partial charge in [0.1, 0.15) is 0 Å². The van der Waals surface area contributed by atoms with Crippen molar-refractivity contribution in [3.8, 4) is 0 Å². The third-order valence-electron chi connectivity index (χ3n) is 2.88. The lowest BCUT2D eigenvalue weighted by atomic mass is 10.2. The molecule has 0 saturated carbocycles. The first-order chi connectivity index (χ1) is 8.65. The fourth-order valence-electron chi connectivity index (χ4n) is 1.88. The molecule has 1 rings (SSSR count). The van der Waals surface area contributed by atoms with Crippen LogP contribution in [0.15, 0.2) is 0 Å². The standard InChI is InChI=1S/C12H23N3O2S/c1-10(9-18-2)8-14-11(16)12(17)15-6-3-4-13-5-7-15/h10,13H,3-9H2,1-2H3,(H,14,16). The second kappa shape index (κ2) is 8.37. The number of hydrogen-bond acceptors (Lipinski definition) is 4. The van der Waals surface area contributed by atoms with Gasteiger partial charge in [0.25, 0.3) is 0 Å². The average molecular weight is 273 g/mol. The van der Waals surface area contributed by atoms with Crippen LogP contribution in [0.1, 0.15) is 13.3 Å². The Morgan fingerprint density at radius 3 is 2.89 bits per heavy atom. The number of amides is 2. The van der Waals surface area contributed by atoms with Gasteiger partial charge in [0, 0.05) is 26.2 Å². The lowest BCUT2D eigenvalue weighted by molar-refractivity contribution is -0.145. The van der Waals surface area contributed by atoms with Crippen molar-refractivity contribution < 1.29 is 9.59 Å². The zero-order chi connectivity index (χ0) is 13.4. The molecule has 6 heteroatoms. The van der Waals surface area contributed by atoms with E-state index >= 15 is 0 Å². The third kappa shape index (κ3) is 5.27. The molecule has 1 fully saturated rings. The maximum absolute atomic E-state index is 11.9. The summed E-state index contributed by atoms with van der Waals surface area (Å²) in [6.45, 7) is 5.60. The number of carbonyl (C=O) groups excluding carboxylic acids is 2. The van der Waals surface area contributed by atoms with Crippen molar-refractivity contribution in [3.63, 3.8) is 0 Å². The topological polar surface area (TPSA) is 61.4 Å². The summed E-state index contributed by atoms with van der Waals surface area (Å²) in [5.41, 5.74) is 0. The van der Waals surface area contributed by atoms with Crippen molar-refractivity contribution in [1.29, 1.82) is 0 Å². The summed E-state index contributed by atoms with van der Waals surface area (Å²) in [4.78, 5) is 25.3. The quantitative estimate of drug-likeness (QED) is 0.704. The molecule has 0 aromatic heterocycles. The number of nitrogens with zero attached hydrogens (tertiary/aromatic N) is 1. The van der Waals surface area contributed by atoms with Crippen LogP contribution < -0.4 is 10.6 Å². The Morgan fingerprint density at radius 1 is 1.39 bits per heavy atom. The van der Waals surface area contributed by atoms with Crippen LogP contribution in [0.4, 0.5) is 0 Å². The maximum atomic E-state index is 11.9. The van der Waals surface area contributed by atoms with E-state index in [0.29, 0.717) is 25.6 Å². The van der Waals surface area contributed by atoms with Gasteiger partial charge < -0.3 is 15.5 Å². The van der Waals surface area contributed by atoms with Gasteiger partial charge in [-0.15, -0.1) is 0 Å². The van der Waals surface area contributed by atoms with Gasteiger partial charge in [-0.3, -0.25) is 9.59 Å². The highest BCUT2D eigenvalue weighted by Gasteiger charge is 2.22. The maximum Gasteiger partial charge on any atom is 0.311 e. The van der Waals surface area contributed by atoms with Crippen LogP contribution in [0, 0.1) is 5.92 Å². The van der Waals surface area contributed by atoms with E-state index in [1.54, 1.807) is 16.7 Å².